The van der Waals surface area contributed by atoms with Crippen molar-refractivity contribution in [1.29, 1.82) is 0 Å². The normalized spacial score (nSPS) is 12.0. The lowest BCUT2D eigenvalue weighted by molar-refractivity contribution is 0.109. The van der Waals surface area contributed by atoms with E-state index in [1.54, 1.807) is 17.6 Å². The summed E-state index contributed by atoms with van der Waals surface area (Å²) in [6.45, 7) is 10.5. The Morgan fingerprint density at radius 3 is 2.86 bits per heavy atom. The predicted molar refractivity (Wildman–Crippen MR) is 85.5 cm³/mol. The standard InChI is InChI=1S/C16H24N2O2S/c1-12-15(21-11-17-12)5-6-19-10-14-7-13(9-20-14)8-18-16(2,3)4/h7,9,11,18H,5-6,8,10H2,1-4H3. The maximum absolute atomic E-state index is 5.67. The smallest absolute Gasteiger partial charge is 0.129 e. The van der Waals surface area contributed by atoms with Crippen molar-refractivity contribution in [3.63, 3.8) is 0 Å². The molecule has 2 rings (SSSR count). The molecule has 0 aromatic carbocycles. The van der Waals surface area contributed by atoms with E-state index in [0.29, 0.717) is 13.2 Å². The number of nitrogens with one attached hydrogen (secondary N) is 1. The van der Waals surface area contributed by atoms with E-state index in [2.05, 4.69) is 37.1 Å². The fourth-order valence-corrected chi connectivity index (χ4v) is 2.63. The molecule has 0 aliphatic carbocycles. The summed E-state index contributed by atoms with van der Waals surface area (Å²) < 4.78 is 11.2. The number of ether oxygens (including phenoxy) is 1. The molecule has 2 heterocycles. The van der Waals surface area contributed by atoms with Gasteiger partial charge in [-0.05, 0) is 33.8 Å². The first-order chi connectivity index (χ1) is 9.94. The molecule has 2 aromatic heterocycles. The molecule has 0 saturated heterocycles. The van der Waals surface area contributed by atoms with Gasteiger partial charge in [-0.1, -0.05) is 0 Å². The van der Waals surface area contributed by atoms with Gasteiger partial charge in [0.2, 0.25) is 0 Å². The van der Waals surface area contributed by atoms with Crippen LogP contribution in [-0.2, 0) is 24.3 Å². The zero-order valence-corrected chi connectivity index (χ0v) is 14.0. The van der Waals surface area contributed by atoms with Crippen LogP contribution in [0, 0.1) is 6.92 Å². The average molecular weight is 308 g/mol. The molecular formula is C16H24N2O2S. The summed E-state index contributed by atoms with van der Waals surface area (Å²) in [7, 11) is 0. The van der Waals surface area contributed by atoms with Crippen LogP contribution in [-0.4, -0.2) is 17.1 Å². The van der Waals surface area contributed by atoms with Crippen LogP contribution < -0.4 is 5.32 Å². The number of hydrogen-bond acceptors (Lipinski definition) is 5. The van der Waals surface area contributed by atoms with Gasteiger partial charge < -0.3 is 14.5 Å². The van der Waals surface area contributed by atoms with Crippen LogP contribution in [0.2, 0.25) is 0 Å². The number of aryl methyl sites for hydroxylation is 1. The summed E-state index contributed by atoms with van der Waals surface area (Å²) >= 11 is 1.69. The topological polar surface area (TPSA) is 47.3 Å². The summed E-state index contributed by atoms with van der Waals surface area (Å²) in [4.78, 5) is 5.53. The number of aromatic nitrogens is 1. The second-order valence-electron chi connectivity index (χ2n) is 6.19. The van der Waals surface area contributed by atoms with E-state index in [1.807, 2.05) is 12.4 Å². The number of furan rings is 1. The molecule has 116 valence electrons. The third-order valence-electron chi connectivity index (χ3n) is 3.09. The first-order valence-electron chi connectivity index (χ1n) is 7.22. The Morgan fingerprint density at radius 1 is 1.38 bits per heavy atom. The summed E-state index contributed by atoms with van der Waals surface area (Å²) in [6.07, 6.45) is 2.71. The molecule has 1 N–H and O–H groups in total. The highest BCUT2D eigenvalue weighted by molar-refractivity contribution is 7.09. The Bertz CT molecular complexity index is 555. The van der Waals surface area contributed by atoms with Gasteiger partial charge in [0.05, 0.1) is 24.1 Å². The lowest BCUT2D eigenvalue weighted by Crippen LogP contribution is -2.34. The van der Waals surface area contributed by atoms with E-state index < -0.39 is 0 Å². The minimum atomic E-state index is 0.112. The Hall–Kier alpha value is -1.17. The van der Waals surface area contributed by atoms with Crippen LogP contribution in [0.3, 0.4) is 0 Å². The molecular weight excluding hydrogens is 284 g/mol. The van der Waals surface area contributed by atoms with Gasteiger partial charge in [0.15, 0.2) is 0 Å². The van der Waals surface area contributed by atoms with E-state index in [4.69, 9.17) is 9.15 Å². The zero-order valence-electron chi connectivity index (χ0n) is 13.2. The Balaban J connectivity index is 1.69. The quantitative estimate of drug-likeness (QED) is 0.792. The maximum atomic E-state index is 5.67. The first-order valence-corrected chi connectivity index (χ1v) is 8.10. The van der Waals surface area contributed by atoms with Crippen molar-refractivity contribution in [2.24, 2.45) is 0 Å². The van der Waals surface area contributed by atoms with E-state index in [-0.39, 0.29) is 5.54 Å². The molecule has 4 nitrogen and oxygen atoms in total. The van der Waals surface area contributed by atoms with Gasteiger partial charge in [-0.15, -0.1) is 11.3 Å². The lowest BCUT2D eigenvalue weighted by atomic mass is 10.1. The average Bonchev–Trinajstić information content (AvgIpc) is 3.01. The van der Waals surface area contributed by atoms with Gasteiger partial charge in [0.25, 0.3) is 0 Å². The fraction of sp³-hybridized carbons (Fsp3) is 0.562. The second kappa shape index (κ2) is 7.20. The molecule has 0 spiro atoms. The van der Waals surface area contributed by atoms with Crippen molar-refractivity contribution in [3.8, 4) is 0 Å². The van der Waals surface area contributed by atoms with Gasteiger partial charge in [-0.2, -0.15) is 0 Å². The number of nitrogens with zero attached hydrogens (tertiary/aromatic N) is 1. The van der Waals surface area contributed by atoms with E-state index in [1.165, 1.54) is 4.88 Å². The first kappa shape index (κ1) is 16.2. The Kier molecular flexibility index (Phi) is 5.56. The van der Waals surface area contributed by atoms with Crippen LogP contribution in [0.4, 0.5) is 0 Å². The van der Waals surface area contributed by atoms with Crippen molar-refractivity contribution >= 4 is 11.3 Å². The molecule has 0 aliphatic heterocycles. The number of rotatable bonds is 7. The number of thiazole rings is 1. The molecule has 0 amide bonds. The highest BCUT2D eigenvalue weighted by atomic mass is 32.1. The van der Waals surface area contributed by atoms with Crippen molar-refractivity contribution < 1.29 is 9.15 Å². The molecule has 0 saturated carbocycles. The minimum absolute atomic E-state index is 0.112. The zero-order chi connectivity index (χ0) is 15.3. The van der Waals surface area contributed by atoms with E-state index >= 15 is 0 Å². The molecule has 0 atom stereocenters. The highest BCUT2D eigenvalue weighted by Crippen LogP contribution is 2.14. The summed E-state index contributed by atoms with van der Waals surface area (Å²) in [5.41, 5.74) is 4.26. The molecule has 0 bridgehead atoms. The van der Waals surface area contributed by atoms with Crippen LogP contribution >= 0.6 is 11.3 Å². The highest BCUT2D eigenvalue weighted by Gasteiger charge is 2.10. The second-order valence-corrected chi connectivity index (χ2v) is 7.13. The van der Waals surface area contributed by atoms with Crippen molar-refractivity contribution in [3.05, 3.63) is 39.7 Å². The molecule has 0 unspecified atom stereocenters. The van der Waals surface area contributed by atoms with Crippen LogP contribution in [0.25, 0.3) is 0 Å². The molecule has 21 heavy (non-hydrogen) atoms. The summed E-state index contributed by atoms with van der Waals surface area (Å²) in [6, 6.07) is 2.05. The maximum Gasteiger partial charge on any atom is 0.129 e. The van der Waals surface area contributed by atoms with Crippen LogP contribution in [0.1, 0.15) is 42.7 Å². The van der Waals surface area contributed by atoms with Crippen LogP contribution in [0.15, 0.2) is 22.3 Å². The molecule has 2 aromatic rings. The molecule has 0 aliphatic rings. The molecule has 0 radical (unpaired) electrons. The number of hydrogen-bond donors (Lipinski definition) is 1. The van der Waals surface area contributed by atoms with Gasteiger partial charge in [-0.3, -0.25) is 0 Å². The largest absolute Gasteiger partial charge is 0.467 e. The van der Waals surface area contributed by atoms with Crippen LogP contribution in [0.5, 0.6) is 0 Å². The molecule has 0 fully saturated rings. The Labute approximate surface area is 130 Å². The van der Waals surface area contributed by atoms with Crippen molar-refractivity contribution in [2.45, 2.75) is 52.8 Å². The SMILES string of the molecule is Cc1ncsc1CCOCc1cc(CNC(C)(C)C)co1. The van der Waals surface area contributed by atoms with Gasteiger partial charge in [-0.25, -0.2) is 4.98 Å². The van der Waals surface area contributed by atoms with E-state index in [0.717, 1.165) is 30.0 Å². The van der Waals surface area contributed by atoms with Gasteiger partial charge in [0, 0.05) is 28.9 Å². The van der Waals surface area contributed by atoms with Crippen molar-refractivity contribution in [1.82, 2.24) is 10.3 Å². The fourth-order valence-electron chi connectivity index (χ4n) is 1.87. The molecule has 5 heteroatoms. The van der Waals surface area contributed by atoms with Gasteiger partial charge in [0.1, 0.15) is 12.4 Å². The van der Waals surface area contributed by atoms with Crippen molar-refractivity contribution in [2.75, 3.05) is 6.61 Å². The van der Waals surface area contributed by atoms with E-state index in [9.17, 15) is 0 Å². The lowest BCUT2D eigenvalue weighted by Gasteiger charge is -2.19. The predicted octanol–water partition coefficient (Wildman–Crippen LogP) is 3.69. The summed E-state index contributed by atoms with van der Waals surface area (Å²) in [5, 5.41) is 3.44. The minimum Gasteiger partial charge on any atom is -0.467 e. The Morgan fingerprint density at radius 2 is 2.19 bits per heavy atom. The summed E-state index contributed by atoms with van der Waals surface area (Å²) in [5.74, 6) is 0.877. The third-order valence-corrected chi connectivity index (χ3v) is 4.09. The third kappa shape index (κ3) is 5.61. The monoisotopic (exact) mass is 308 g/mol. The van der Waals surface area contributed by atoms with Gasteiger partial charge >= 0.3 is 0 Å².